The number of amides is 2. The van der Waals surface area contributed by atoms with E-state index in [-0.39, 0.29) is 17.4 Å². The summed E-state index contributed by atoms with van der Waals surface area (Å²) in [5.41, 5.74) is -0.437. The number of rotatable bonds is 8. The molecule has 0 bridgehead atoms. The van der Waals surface area contributed by atoms with E-state index in [1.165, 1.54) is 6.08 Å². The molecule has 0 spiro atoms. The van der Waals surface area contributed by atoms with E-state index in [0.29, 0.717) is 11.3 Å². The Morgan fingerprint density at radius 3 is 2.40 bits per heavy atom. The minimum atomic E-state index is -0.748. The molecule has 0 aliphatic rings. The number of alkyl carbamates (subject to hydrolysis) is 1. The van der Waals surface area contributed by atoms with Crippen LogP contribution in [-0.4, -0.2) is 23.6 Å². The highest BCUT2D eigenvalue weighted by molar-refractivity contribution is 8.02. The van der Waals surface area contributed by atoms with Crippen molar-refractivity contribution in [3.63, 3.8) is 0 Å². The average Bonchev–Trinajstić information content (AvgIpc) is 2.47. The van der Waals surface area contributed by atoms with Crippen molar-refractivity contribution >= 4 is 23.9 Å². The standard InChI is InChI=1S/C18H27N3O3S/c1-8-9-15(13(4)11-19)25-21-16(22)14(10-12(2)3)20-17(23)24-18(5,6)7/h8-9,12,14H,1,4,10H2,2-3,5-7H3,(H,20,23)(H,21,22)/b15-9+. The van der Waals surface area contributed by atoms with E-state index in [1.54, 1.807) is 26.8 Å². The summed E-state index contributed by atoms with van der Waals surface area (Å²) in [5.74, 6) is -0.196. The SMILES string of the molecule is C=C/C=C(/SNC(=O)C(CC(C)C)NC(=O)OC(C)(C)C)C(=C)C#N. The first-order valence-electron chi connectivity index (χ1n) is 7.88. The van der Waals surface area contributed by atoms with Gasteiger partial charge in [0, 0.05) is 4.91 Å². The fourth-order valence-electron chi connectivity index (χ4n) is 1.69. The highest BCUT2D eigenvalue weighted by Crippen LogP contribution is 2.20. The van der Waals surface area contributed by atoms with Crippen LogP contribution in [0, 0.1) is 17.2 Å². The predicted molar refractivity (Wildman–Crippen MR) is 101 cm³/mol. The Labute approximate surface area is 154 Å². The smallest absolute Gasteiger partial charge is 0.408 e. The summed E-state index contributed by atoms with van der Waals surface area (Å²) in [5, 5.41) is 11.5. The molecule has 6 nitrogen and oxygen atoms in total. The van der Waals surface area contributed by atoms with E-state index in [9.17, 15) is 9.59 Å². The zero-order valence-corrected chi connectivity index (χ0v) is 16.3. The van der Waals surface area contributed by atoms with E-state index in [1.807, 2.05) is 19.9 Å². The molecule has 2 amide bonds. The Morgan fingerprint density at radius 2 is 1.96 bits per heavy atom. The maximum atomic E-state index is 12.4. The van der Waals surface area contributed by atoms with Crippen LogP contribution in [0.15, 0.2) is 35.8 Å². The van der Waals surface area contributed by atoms with Crippen molar-refractivity contribution < 1.29 is 14.3 Å². The zero-order chi connectivity index (χ0) is 19.6. The van der Waals surface area contributed by atoms with Gasteiger partial charge in [-0.2, -0.15) is 5.26 Å². The molecule has 0 aromatic heterocycles. The van der Waals surface area contributed by atoms with Crippen molar-refractivity contribution in [2.75, 3.05) is 0 Å². The van der Waals surface area contributed by atoms with E-state index >= 15 is 0 Å². The molecule has 7 heteroatoms. The number of nitrogens with zero attached hydrogens (tertiary/aromatic N) is 1. The summed E-state index contributed by atoms with van der Waals surface area (Å²) >= 11 is 0.959. The van der Waals surface area contributed by atoms with Gasteiger partial charge >= 0.3 is 6.09 Å². The van der Waals surface area contributed by atoms with Crippen LogP contribution in [0.4, 0.5) is 4.79 Å². The van der Waals surface area contributed by atoms with Crippen molar-refractivity contribution in [1.29, 1.82) is 5.26 Å². The van der Waals surface area contributed by atoms with Crippen LogP contribution in [0.3, 0.4) is 0 Å². The third-order valence-electron chi connectivity index (χ3n) is 2.68. The number of carbonyl (C=O) groups excluding carboxylic acids is 2. The number of hydrogen-bond acceptors (Lipinski definition) is 5. The third kappa shape index (κ3) is 10.3. The van der Waals surface area contributed by atoms with Crippen molar-refractivity contribution in [3.8, 4) is 6.07 Å². The van der Waals surface area contributed by atoms with Gasteiger partial charge in [-0.25, -0.2) is 4.79 Å². The van der Waals surface area contributed by atoms with E-state index in [4.69, 9.17) is 10.00 Å². The van der Waals surface area contributed by atoms with Gasteiger partial charge in [0.1, 0.15) is 11.6 Å². The van der Waals surface area contributed by atoms with E-state index in [2.05, 4.69) is 23.2 Å². The highest BCUT2D eigenvalue weighted by atomic mass is 32.2. The number of carbonyl (C=O) groups is 2. The number of nitriles is 1. The first-order chi connectivity index (χ1) is 11.5. The van der Waals surface area contributed by atoms with Crippen LogP contribution in [-0.2, 0) is 9.53 Å². The molecule has 0 aliphatic carbocycles. The second-order valence-corrected chi connectivity index (χ2v) is 7.60. The van der Waals surface area contributed by atoms with Crippen LogP contribution in [0.2, 0.25) is 0 Å². The normalized spacial score (nSPS) is 12.8. The lowest BCUT2D eigenvalue weighted by molar-refractivity contribution is -0.121. The molecule has 0 heterocycles. The van der Waals surface area contributed by atoms with Crippen LogP contribution in [0.1, 0.15) is 41.0 Å². The largest absolute Gasteiger partial charge is 0.444 e. The Bertz CT molecular complexity index is 583. The first-order valence-corrected chi connectivity index (χ1v) is 8.70. The molecule has 0 saturated heterocycles. The van der Waals surface area contributed by atoms with Gasteiger partial charge < -0.3 is 10.1 Å². The van der Waals surface area contributed by atoms with Crippen molar-refractivity contribution in [1.82, 2.24) is 10.0 Å². The van der Waals surface area contributed by atoms with Gasteiger partial charge in [-0.05, 0) is 51.1 Å². The van der Waals surface area contributed by atoms with Gasteiger partial charge in [-0.1, -0.05) is 33.1 Å². The second-order valence-electron chi connectivity index (χ2n) is 6.75. The number of hydrogen-bond donors (Lipinski definition) is 2. The number of allylic oxidation sites excluding steroid dienone is 3. The molecule has 25 heavy (non-hydrogen) atoms. The average molecular weight is 365 g/mol. The summed E-state index contributed by atoms with van der Waals surface area (Å²) in [6.45, 7) is 16.3. The second kappa shape index (κ2) is 10.6. The Morgan fingerprint density at radius 1 is 1.36 bits per heavy atom. The number of ether oxygens (including phenoxy) is 1. The molecule has 0 aromatic rings. The molecule has 138 valence electrons. The fraction of sp³-hybridized carbons (Fsp3) is 0.500. The van der Waals surface area contributed by atoms with Gasteiger partial charge in [0.15, 0.2) is 0 Å². The van der Waals surface area contributed by atoms with Crippen molar-refractivity contribution in [2.45, 2.75) is 52.7 Å². The predicted octanol–water partition coefficient (Wildman–Crippen LogP) is 3.84. The molecular weight excluding hydrogens is 338 g/mol. The van der Waals surface area contributed by atoms with Gasteiger partial charge in [-0.15, -0.1) is 0 Å². The molecule has 1 atom stereocenters. The molecule has 0 saturated carbocycles. The van der Waals surface area contributed by atoms with Crippen LogP contribution >= 0.6 is 11.9 Å². The van der Waals surface area contributed by atoms with E-state index < -0.39 is 17.7 Å². The summed E-state index contributed by atoms with van der Waals surface area (Å²) < 4.78 is 7.84. The lowest BCUT2D eigenvalue weighted by Gasteiger charge is -2.24. The topological polar surface area (TPSA) is 91.2 Å². The highest BCUT2D eigenvalue weighted by Gasteiger charge is 2.25. The van der Waals surface area contributed by atoms with Gasteiger partial charge in [-0.3, -0.25) is 9.52 Å². The maximum absolute atomic E-state index is 12.4. The molecule has 0 aliphatic heterocycles. The van der Waals surface area contributed by atoms with Crippen LogP contribution in [0.5, 0.6) is 0 Å². The first kappa shape index (κ1) is 22.8. The molecule has 0 rings (SSSR count). The molecule has 0 radical (unpaired) electrons. The maximum Gasteiger partial charge on any atom is 0.408 e. The third-order valence-corrected chi connectivity index (χ3v) is 3.58. The Hall–Kier alpha value is -2.20. The summed E-state index contributed by atoms with van der Waals surface area (Å²) in [6, 6.07) is 1.17. The van der Waals surface area contributed by atoms with Gasteiger partial charge in [0.2, 0.25) is 0 Å². The summed E-state index contributed by atoms with van der Waals surface area (Å²) in [7, 11) is 0. The monoisotopic (exact) mass is 365 g/mol. The minimum absolute atomic E-state index is 0.188. The molecular formula is C18H27N3O3S. The van der Waals surface area contributed by atoms with E-state index in [0.717, 1.165) is 11.9 Å². The van der Waals surface area contributed by atoms with Gasteiger partial charge in [0.05, 0.1) is 11.6 Å². The van der Waals surface area contributed by atoms with Crippen molar-refractivity contribution in [2.24, 2.45) is 5.92 Å². The Balaban J connectivity index is 4.98. The minimum Gasteiger partial charge on any atom is -0.444 e. The van der Waals surface area contributed by atoms with Crippen LogP contribution in [0.25, 0.3) is 0 Å². The van der Waals surface area contributed by atoms with Gasteiger partial charge in [0.25, 0.3) is 5.91 Å². The quantitative estimate of drug-likeness (QED) is 0.387. The Kier molecular flexibility index (Phi) is 9.69. The lowest BCUT2D eigenvalue weighted by atomic mass is 10.0. The molecule has 0 fully saturated rings. The zero-order valence-electron chi connectivity index (χ0n) is 15.5. The molecule has 1 unspecified atom stereocenters. The molecule has 0 aromatic carbocycles. The van der Waals surface area contributed by atoms with Crippen molar-refractivity contribution in [3.05, 3.63) is 35.8 Å². The fourth-order valence-corrected chi connectivity index (χ4v) is 2.37. The summed E-state index contributed by atoms with van der Waals surface area (Å²) in [6.07, 6.45) is 2.88. The molecule has 2 N–H and O–H groups in total. The van der Waals surface area contributed by atoms with Crippen LogP contribution < -0.4 is 10.0 Å². The summed E-state index contributed by atoms with van der Waals surface area (Å²) in [4.78, 5) is 24.9. The lowest BCUT2D eigenvalue weighted by Crippen LogP contribution is -2.47. The number of nitrogens with one attached hydrogen (secondary N) is 2.